The molecule has 0 unspecified atom stereocenters. The molecule has 6 heteroatoms. The maximum atomic E-state index is 11.6. The highest BCUT2D eigenvalue weighted by atomic mass is 16.6. The number of nitrogens with zero attached hydrogens (tertiary/aromatic N) is 1. The molecule has 0 aromatic carbocycles. The van der Waals surface area contributed by atoms with E-state index in [1.165, 1.54) is 6.07 Å². The number of hydrogen-bond donors (Lipinski definition) is 2. The lowest BCUT2D eigenvalue weighted by Gasteiger charge is -2.18. The average molecular weight is 252 g/mol. The Morgan fingerprint density at radius 1 is 1.50 bits per heavy atom. The minimum Gasteiger partial charge on any atom is -0.507 e. The zero-order valence-corrected chi connectivity index (χ0v) is 10.2. The van der Waals surface area contributed by atoms with Crippen molar-refractivity contribution in [1.29, 1.82) is 0 Å². The standard InChI is InChI=1S/C12H16N2O4/c1-2-18-12(17)14-5-3-8-9(4-6-14)13-11(16)7-10(8)15/h7H,2-6H2,1H3,(H2,13,15,16). The molecule has 18 heavy (non-hydrogen) atoms. The van der Waals surface area contributed by atoms with Gasteiger partial charge >= 0.3 is 6.09 Å². The van der Waals surface area contributed by atoms with E-state index in [1.807, 2.05) is 0 Å². The Bertz CT molecular complexity index is 509. The fraction of sp³-hybridized carbons (Fsp3) is 0.500. The van der Waals surface area contributed by atoms with Crippen molar-refractivity contribution in [3.63, 3.8) is 0 Å². The summed E-state index contributed by atoms with van der Waals surface area (Å²) in [5.74, 6) is -0.000501. The van der Waals surface area contributed by atoms with Crippen molar-refractivity contribution in [2.75, 3.05) is 19.7 Å². The third-order valence-electron chi connectivity index (χ3n) is 3.00. The van der Waals surface area contributed by atoms with Crippen LogP contribution in [0.15, 0.2) is 10.9 Å². The molecule has 0 bridgehead atoms. The lowest BCUT2D eigenvalue weighted by molar-refractivity contribution is 0.109. The maximum absolute atomic E-state index is 11.6. The molecule has 2 N–H and O–H groups in total. The van der Waals surface area contributed by atoms with Gasteiger partial charge in [-0.2, -0.15) is 0 Å². The Balaban J connectivity index is 2.19. The van der Waals surface area contributed by atoms with Gasteiger partial charge in [-0.05, 0) is 13.3 Å². The van der Waals surface area contributed by atoms with E-state index in [0.717, 1.165) is 0 Å². The highest BCUT2D eigenvalue weighted by Gasteiger charge is 2.21. The number of pyridine rings is 1. The van der Waals surface area contributed by atoms with E-state index in [2.05, 4.69) is 4.98 Å². The summed E-state index contributed by atoms with van der Waals surface area (Å²) in [6.07, 6.45) is 0.668. The fourth-order valence-electron chi connectivity index (χ4n) is 2.12. The van der Waals surface area contributed by atoms with Gasteiger partial charge in [-0.25, -0.2) is 4.79 Å². The Morgan fingerprint density at radius 2 is 2.22 bits per heavy atom. The minimum atomic E-state index is -0.354. The molecule has 1 aliphatic rings. The number of aromatic amines is 1. The predicted molar refractivity (Wildman–Crippen MR) is 64.7 cm³/mol. The second kappa shape index (κ2) is 5.12. The summed E-state index contributed by atoms with van der Waals surface area (Å²) in [4.78, 5) is 27.2. The summed E-state index contributed by atoms with van der Waals surface area (Å²) >= 11 is 0. The normalized spacial score (nSPS) is 14.8. The molecular formula is C12H16N2O4. The Morgan fingerprint density at radius 3 is 2.94 bits per heavy atom. The molecule has 0 saturated heterocycles. The number of ether oxygens (including phenoxy) is 1. The molecule has 1 aliphatic heterocycles. The lowest BCUT2D eigenvalue weighted by Crippen LogP contribution is -2.33. The highest BCUT2D eigenvalue weighted by Crippen LogP contribution is 2.21. The number of H-pyrrole nitrogens is 1. The van der Waals surface area contributed by atoms with E-state index in [4.69, 9.17) is 4.74 Å². The molecule has 0 spiro atoms. The predicted octanol–water partition coefficient (Wildman–Crippen LogP) is 0.638. The van der Waals surface area contributed by atoms with Gasteiger partial charge in [0, 0.05) is 36.8 Å². The first-order chi connectivity index (χ1) is 8.61. The van der Waals surface area contributed by atoms with Gasteiger partial charge in [0.05, 0.1) is 6.61 Å². The molecule has 1 amide bonds. The molecule has 98 valence electrons. The third kappa shape index (κ3) is 2.47. The van der Waals surface area contributed by atoms with Crippen LogP contribution in [0.25, 0.3) is 0 Å². The SMILES string of the molecule is CCOC(=O)N1CCc2[nH]c(=O)cc(O)c2CC1. The zero-order chi connectivity index (χ0) is 13.1. The van der Waals surface area contributed by atoms with Crippen LogP contribution in [0.1, 0.15) is 18.2 Å². The number of amides is 1. The summed E-state index contributed by atoms with van der Waals surface area (Å²) in [6.45, 7) is 3.05. The number of hydrogen-bond acceptors (Lipinski definition) is 4. The molecule has 0 radical (unpaired) electrons. The van der Waals surface area contributed by atoms with Crippen LogP contribution in [-0.2, 0) is 17.6 Å². The Labute approximate surface area is 104 Å². The van der Waals surface area contributed by atoms with Gasteiger partial charge in [0.15, 0.2) is 0 Å². The van der Waals surface area contributed by atoms with Gasteiger partial charge in [-0.3, -0.25) is 4.79 Å². The van der Waals surface area contributed by atoms with Crippen LogP contribution < -0.4 is 5.56 Å². The Kier molecular flexibility index (Phi) is 3.55. The first kappa shape index (κ1) is 12.5. The number of carbonyl (C=O) groups is 1. The summed E-state index contributed by atoms with van der Waals surface area (Å²) in [7, 11) is 0. The van der Waals surface area contributed by atoms with Crippen LogP contribution in [0.5, 0.6) is 5.75 Å². The summed E-state index contributed by atoms with van der Waals surface area (Å²) < 4.78 is 4.94. The largest absolute Gasteiger partial charge is 0.507 e. The number of aromatic hydroxyl groups is 1. The van der Waals surface area contributed by atoms with E-state index < -0.39 is 0 Å². The second-order valence-electron chi connectivity index (χ2n) is 4.16. The molecule has 0 saturated carbocycles. The van der Waals surface area contributed by atoms with E-state index in [1.54, 1.807) is 11.8 Å². The van der Waals surface area contributed by atoms with Crippen molar-refractivity contribution >= 4 is 6.09 Å². The number of rotatable bonds is 1. The second-order valence-corrected chi connectivity index (χ2v) is 4.16. The van der Waals surface area contributed by atoms with Crippen LogP contribution >= 0.6 is 0 Å². The number of aromatic nitrogens is 1. The smallest absolute Gasteiger partial charge is 0.409 e. The molecule has 2 rings (SSSR count). The molecular weight excluding hydrogens is 236 g/mol. The van der Waals surface area contributed by atoms with E-state index in [0.29, 0.717) is 43.8 Å². The van der Waals surface area contributed by atoms with Crippen molar-refractivity contribution < 1.29 is 14.6 Å². The van der Waals surface area contributed by atoms with E-state index in [-0.39, 0.29) is 17.4 Å². The van der Waals surface area contributed by atoms with Gasteiger partial charge in [-0.15, -0.1) is 0 Å². The van der Waals surface area contributed by atoms with Crippen molar-refractivity contribution in [1.82, 2.24) is 9.88 Å². The quantitative estimate of drug-likeness (QED) is 0.768. The summed E-state index contributed by atoms with van der Waals surface area (Å²) in [5, 5.41) is 9.74. The molecule has 0 fully saturated rings. The van der Waals surface area contributed by atoms with Crippen LogP contribution in [0.4, 0.5) is 4.79 Å². The third-order valence-corrected chi connectivity index (χ3v) is 3.00. The van der Waals surface area contributed by atoms with E-state index in [9.17, 15) is 14.7 Å². The molecule has 0 aliphatic carbocycles. The van der Waals surface area contributed by atoms with E-state index >= 15 is 0 Å². The van der Waals surface area contributed by atoms with Crippen LogP contribution in [0, 0.1) is 0 Å². The van der Waals surface area contributed by atoms with Crippen molar-refractivity contribution in [3.05, 3.63) is 27.7 Å². The van der Waals surface area contributed by atoms with Crippen molar-refractivity contribution in [2.45, 2.75) is 19.8 Å². The number of carbonyl (C=O) groups excluding carboxylic acids is 1. The van der Waals surface area contributed by atoms with Crippen molar-refractivity contribution in [3.8, 4) is 5.75 Å². The first-order valence-corrected chi connectivity index (χ1v) is 5.97. The molecule has 1 aromatic heterocycles. The fourth-order valence-corrected chi connectivity index (χ4v) is 2.12. The van der Waals surface area contributed by atoms with Gasteiger partial charge in [-0.1, -0.05) is 0 Å². The molecule has 6 nitrogen and oxygen atoms in total. The van der Waals surface area contributed by atoms with Crippen LogP contribution in [0.2, 0.25) is 0 Å². The van der Waals surface area contributed by atoms with Gasteiger partial charge in [0.25, 0.3) is 5.56 Å². The zero-order valence-electron chi connectivity index (χ0n) is 10.2. The van der Waals surface area contributed by atoms with Gasteiger partial charge in [0.2, 0.25) is 0 Å². The van der Waals surface area contributed by atoms with Crippen LogP contribution in [0.3, 0.4) is 0 Å². The van der Waals surface area contributed by atoms with Crippen LogP contribution in [-0.4, -0.2) is 40.8 Å². The minimum absolute atomic E-state index is 0.000501. The number of fused-ring (bicyclic) bond motifs is 1. The molecule has 2 heterocycles. The first-order valence-electron chi connectivity index (χ1n) is 5.97. The highest BCUT2D eigenvalue weighted by molar-refractivity contribution is 5.67. The maximum Gasteiger partial charge on any atom is 0.409 e. The average Bonchev–Trinajstić information content (AvgIpc) is 2.52. The molecule has 1 aromatic rings. The summed E-state index contributed by atoms with van der Waals surface area (Å²) in [5.41, 5.74) is 1.09. The number of nitrogens with one attached hydrogen (secondary N) is 1. The Hall–Kier alpha value is -1.98. The lowest BCUT2D eigenvalue weighted by atomic mass is 10.1. The molecule has 0 atom stereocenters. The summed E-state index contributed by atoms with van der Waals surface area (Å²) in [6, 6.07) is 1.17. The van der Waals surface area contributed by atoms with Gasteiger partial charge < -0.3 is 19.7 Å². The van der Waals surface area contributed by atoms with Crippen molar-refractivity contribution in [2.24, 2.45) is 0 Å². The van der Waals surface area contributed by atoms with Gasteiger partial charge in [0.1, 0.15) is 5.75 Å². The monoisotopic (exact) mass is 252 g/mol. The topological polar surface area (TPSA) is 82.6 Å².